The molecule has 0 aliphatic rings. The van der Waals surface area contributed by atoms with Gasteiger partial charge in [-0.05, 0) is 30.4 Å². The third-order valence-electron chi connectivity index (χ3n) is 4.06. The molecule has 1 unspecified atom stereocenters. The SMILES string of the molecule is C.CC(=O)OCc1ccccc1.CC(C)C.CC(NCCC(=O)O)C(=O)CCc1ccccc1.[HH]. The molecule has 6 heteroatoms. The van der Waals surface area contributed by atoms with Gasteiger partial charge in [0.2, 0.25) is 0 Å². The monoisotopic (exact) mass is 475 g/mol. The highest BCUT2D eigenvalue weighted by Crippen LogP contribution is 2.04. The molecule has 6 nitrogen and oxygen atoms in total. The van der Waals surface area contributed by atoms with Gasteiger partial charge in [0.1, 0.15) is 12.4 Å². The second kappa shape index (κ2) is 20.6. The number of Topliss-reactive ketones (excluding diaryl/α,β-unsaturated/α-hetero) is 1. The smallest absolute Gasteiger partial charge is 0.304 e. The van der Waals surface area contributed by atoms with Crippen molar-refractivity contribution >= 4 is 17.7 Å². The molecule has 2 N–H and O–H groups in total. The highest BCUT2D eigenvalue weighted by molar-refractivity contribution is 5.83. The van der Waals surface area contributed by atoms with Crippen molar-refractivity contribution in [1.29, 1.82) is 0 Å². The lowest BCUT2D eigenvalue weighted by atomic mass is 10.0. The lowest BCUT2D eigenvalue weighted by Crippen LogP contribution is -2.35. The molecule has 0 fully saturated rings. The largest absolute Gasteiger partial charge is 0.481 e. The third-order valence-corrected chi connectivity index (χ3v) is 4.06. The number of carboxylic acids is 1. The topological polar surface area (TPSA) is 92.7 Å². The number of aryl methyl sites for hydroxylation is 1. The van der Waals surface area contributed by atoms with E-state index in [0.717, 1.165) is 23.5 Å². The molecule has 0 saturated heterocycles. The Labute approximate surface area is 207 Å². The fraction of sp³-hybridized carbons (Fsp3) is 0.464. The van der Waals surface area contributed by atoms with E-state index in [4.69, 9.17) is 9.84 Å². The summed E-state index contributed by atoms with van der Waals surface area (Å²) in [5.74, 6) is -0.149. The van der Waals surface area contributed by atoms with E-state index in [1.807, 2.05) is 60.7 Å². The van der Waals surface area contributed by atoms with Gasteiger partial charge in [0.25, 0.3) is 0 Å². The number of ketones is 1. The lowest BCUT2D eigenvalue weighted by molar-refractivity contribution is -0.142. The minimum absolute atomic E-state index is 0. The van der Waals surface area contributed by atoms with Gasteiger partial charge < -0.3 is 15.2 Å². The lowest BCUT2D eigenvalue weighted by Gasteiger charge is -2.11. The number of aliphatic carboxylic acids is 1. The molecule has 0 bridgehead atoms. The van der Waals surface area contributed by atoms with Crippen LogP contribution in [0.25, 0.3) is 0 Å². The predicted molar refractivity (Wildman–Crippen MR) is 141 cm³/mol. The van der Waals surface area contributed by atoms with Gasteiger partial charge in [-0.15, -0.1) is 0 Å². The fourth-order valence-corrected chi connectivity index (χ4v) is 2.40. The number of carboxylic acid groups (broad SMARTS) is 1. The Bertz CT molecular complexity index is 795. The summed E-state index contributed by atoms with van der Waals surface area (Å²) in [6.45, 7) is 10.4. The van der Waals surface area contributed by atoms with Gasteiger partial charge in [0, 0.05) is 21.3 Å². The molecule has 0 aliphatic carbocycles. The summed E-state index contributed by atoms with van der Waals surface area (Å²) >= 11 is 0. The zero-order valence-electron chi connectivity index (χ0n) is 20.5. The van der Waals surface area contributed by atoms with Crippen LogP contribution in [0.3, 0.4) is 0 Å². The second-order valence-electron chi connectivity index (χ2n) is 8.27. The molecule has 0 radical (unpaired) electrons. The van der Waals surface area contributed by atoms with E-state index in [1.54, 1.807) is 6.92 Å². The molecule has 0 amide bonds. The summed E-state index contributed by atoms with van der Waals surface area (Å²) in [5, 5.41) is 11.4. The van der Waals surface area contributed by atoms with Crippen LogP contribution in [0, 0.1) is 5.92 Å². The van der Waals surface area contributed by atoms with E-state index < -0.39 is 5.97 Å². The summed E-state index contributed by atoms with van der Waals surface area (Å²) in [6, 6.07) is 19.2. The average Bonchev–Trinajstić information content (AvgIpc) is 2.77. The number of ether oxygens (including phenoxy) is 1. The maximum Gasteiger partial charge on any atom is 0.304 e. The molecule has 0 heterocycles. The quantitative estimate of drug-likeness (QED) is 0.413. The zero-order valence-corrected chi connectivity index (χ0v) is 20.5. The van der Waals surface area contributed by atoms with Crippen molar-refractivity contribution in [3.05, 3.63) is 71.8 Å². The molecular formula is C28H45NO5. The summed E-state index contributed by atoms with van der Waals surface area (Å²) in [7, 11) is 0. The zero-order chi connectivity index (χ0) is 25.1. The maximum atomic E-state index is 11.8. The fourth-order valence-electron chi connectivity index (χ4n) is 2.40. The van der Waals surface area contributed by atoms with Gasteiger partial charge in [-0.1, -0.05) is 88.9 Å². The first-order valence-electron chi connectivity index (χ1n) is 11.3. The molecule has 1 atom stereocenters. The minimum atomic E-state index is -0.855. The first-order chi connectivity index (χ1) is 15.6. The Morgan fingerprint density at radius 2 is 1.35 bits per heavy atom. The molecule has 0 aliphatic heterocycles. The van der Waals surface area contributed by atoms with Crippen molar-refractivity contribution in [2.75, 3.05) is 6.54 Å². The molecule has 0 saturated carbocycles. The number of carbonyl (C=O) groups is 3. The van der Waals surface area contributed by atoms with Gasteiger partial charge in [-0.2, -0.15) is 0 Å². The van der Waals surface area contributed by atoms with E-state index in [1.165, 1.54) is 6.92 Å². The van der Waals surface area contributed by atoms with Crippen LogP contribution >= 0.6 is 0 Å². The number of nitrogens with one attached hydrogen (secondary N) is 1. The standard InChI is InChI=1S/C14H19NO3.C9H10O2.C4H10.CH4.H2/c1-11(15-10-9-14(17)18)13(16)8-7-12-5-3-2-4-6-12;1-8(10)11-7-9-5-3-2-4-6-9;1-4(2)3;;/h2-6,11,15H,7-10H2,1H3,(H,17,18);2-6H,7H2,1H3;4H,1-3H3;1H4;1H. The van der Waals surface area contributed by atoms with Crippen molar-refractivity contribution in [1.82, 2.24) is 5.32 Å². The molecule has 192 valence electrons. The molecule has 34 heavy (non-hydrogen) atoms. The van der Waals surface area contributed by atoms with Crippen LogP contribution in [0.1, 0.15) is 67.4 Å². The summed E-state index contributed by atoms with van der Waals surface area (Å²) in [4.78, 5) is 32.5. The number of hydrogen-bond acceptors (Lipinski definition) is 5. The Kier molecular flexibility index (Phi) is 20.1. The number of benzene rings is 2. The second-order valence-corrected chi connectivity index (χ2v) is 8.27. The van der Waals surface area contributed by atoms with E-state index in [-0.39, 0.29) is 33.1 Å². The predicted octanol–water partition coefficient (Wildman–Crippen LogP) is 5.94. The molecule has 0 spiro atoms. The van der Waals surface area contributed by atoms with Gasteiger partial charge in [-0.25, -0.2) is 0 Å². The number of rotatable bonds is 10. The minimum Gasteiger partial charge on any atom is -0.481 e. The number of hydrogen-bond donors (Lipinski definition) is 2. The van der Waals surface area contributed by atoms with Crippen LogP contribution in [0.15, 0.2) is 60.7 Å². The van der Waals surface area contributed by atoms with Crippen molar-refractivity contribution in [3.63, 3.8) is 0 Å². The van der Waals surface area contributed by atoms with Crippen molar-refractivity contribution in [2.45, 2.75) is 74.0 Å². The van der Waals surface area contributed by atoms with E-state index in [2.05, 4.69) is 26.1 Å². The average molecular weight is 476 g/mol. The number of carbonyl (C=O) groups excluding carboxylic acids is 2. The van der Waals surface area contributed by atoms with Crippen molar-refractivity contribution < 1.29 is 25.7 Å². The Balaban J connectivity index is -0.000000516. The highest BCUT2D eigenvalue weighted by atomic mass is 16.5. The Morgan fingerprint density at radius 3 is 1.79 bits per heavy atom. The van der Waals surface area contributed by atoms with Crippen molar-refractivity contribution in [2.24, 2.45) is 5.92 Å². The molecular weight excluding hydrogens is 430 g/mol. The van der Waals surface area contributed by atoms with Crippen molar-refractivity contribution in [3.8, 4) is 0 Å². The molecule has 2 aromatic rings. The van der Waals surface area contributed by atoms with Crippen LogP contribution in [0.2, 0.25) is 0 Å². The van der Waals surface area contributed by atoms with E-state index in [0.29, 0.717) is 19.6 Å². The van der Waals surface area contributed by atoms with E-state index >= 15 is 0 Å². The summed E-state index contributed by atoms with van der Waals surface area (Å²) < 4.78 is 4.79. The summed E-state index contributed by atoms with van der Waals surface area (Å²) in [5.41, 5.74) is 2.16. The van der Waals surface area contributed by atoms with Gasteiger partial charge in [-0.3, -0.25) is 14.4 Å². The number of esters is 1. The Morgan fingerprint density at radius 1 is 0.882 bits per heavy atom. The van der Waals surface area contributed by atoms with Gasteiger partial charge in [0.05, 0.1) is 12.5 Å². The van der Waals surface area contributed by atoms with Gasteiger partial charge in [0.15, 0.2) is 0 Å². The van der Waals surface area contributed by atoms with E-state index in [9.17, 15) is 14.4 Å². The summed E-state index contributed by atoms with van der Waals surface area (Å²) in [6.07, 6.45) is 1.24. The van der Waals surface area contributed by atoms with Crippen LogP contribution in [-0.2, 0) is 32.1 Å². The van der Waals surface area contributed by atoms with Gasteiger partial charge >= 0.3 is 11.9 Å². The highest BCUT2D eigenvalue weighted by Gasteiger charge is 2.12. The first kappa shape index (κ1) is 33.2. The van der Waals surface area contributed by atoms with Crippen LogP contribution in [0.5, 0.6) is 0 Å². The molecule has 2 rings (SSSR count). The Hall–Kier alpha value is -2.99. The van der Waals surface area contributed by atoms with Crippen LogP contribution in [-0.4, -0.2) is 35.4 Å². The maximum absolute atomic E-state index is 11.8. The normalized spacial score (nSPS) is 10.4. The van der Waals surface area contributed by atoms with Crippen LogP contribution < -0.4 is 5.32 Å². The third kappa shape index (κ3) is 20.9. The molecule has 2 aromatic carbocycles. The van der Waals surface area contributed by atoms with Crippen LogP contribution in [0.4, 0.5) is 0 Å². The molecule has 0 aromatic heterocycles. The first-order valence-corrected chi connectivity index (χ1v) is 11.3.